The fourth-order valence-corrected chi connectivity index (χ4v) is 1.90. The molecule has 0 aliphatic carbocycles. The highest BCUT2D eigenvalue weighted by Gasteiger charge is 2.46. The molecule has 3 nitrogen and oxygen atoms in total. The molecule has 1 fully saturated rings. The van der Waals surface area contributed by atoms with Crippen molar-refractivity contribution in [2.24, 2.45) is 0 Å². The van der Waals surface area contributed by atoms with Crippen LogP contribution in [-0.4, -0.2) is 15.8 Å². The minimum absolute atomic E-state index is 0.422. The largest absolute Gasteiger partial charge is 0.337 e. The molecular weight excluding hydrogens is 272 g/mol. The molecule has 1 aliphatic rings. The Morgan fingerprint density at radius 1 is 1.19 bits per heavy atom. The topological polar surface area (TPSA) is 38.3 Å². The molecule has 0 saturated carbocycles. The second kappa shape index (κ2) is 4.41. The average Bonchev–Trinajstić information content (AvgIpc) is 2.61. The summed E-state index contributed by atoms with van der Waals surface area (Å²) in [4.78, 5) is 11.5. The van der Waals surface area contributed by atoms with E-state index < -0.39 is 22.0 Å². The summed E-state index contributed by atoms with van der Waals surface area (Å²) in [6, 6.07) is 9.20. The monoisotopic (exact) mass is 279 g/mol. The van der Waals surface area contributed by atoms with Crippen LogP contribution in [0.1, 0.15) is 11.8 Å². The van der Waals surface area contributed by atoms with Crippen molar-refractivity contribution in [1.82, 2.24) is 5.32 Å². The Morgan fingerprint density at radius 2 is 1.81 bits per heavy atom. The molecule has 0 bridgehead atoms. The molecule has 16 heavy (non-hydrogen) atoms. The fraction of sp³-hybridized carbons (Fsp3) is 0.300. The van der Waals surface area contributed by atoms with Crippen LogP contribution >= 0.6 is 34.8 Å². The number of hydrogen-bond donors (Lipinski definition) is 1. The summed E-state index contributed by atoms with van der Waals surface area (Å²) in [6.07, 6.45) is -1.64. The third-order valence-corrected chi connectivity index (χ3v) is 2.78. The van der Waals surface area contributed by atoms with Crippen LogP contribution in [0.15, 0.2) is 30.3 Å². The van der Waals surface area contributed by atoms with Gasteiger partial charge >= 0.3 is 0 Å². The normalized spacial score (nSPS) is 25.6. The third kappa shape index (κ3) is 2.43. The molecule has 0 radical (unpaired) electrons. The zero-order valence-corrected chi connectivity index (χ0v) is 10.3. The Morgan fingerprint density at radius 3 is 2.31 bits per heavy atom. The average molecular weight is 281 g/mol. The smallest absolute Gasteiger partial charge is 0.255 e. The van der Waals surface area contributed by atoms with Crippen LogP contribution in [0.5, 0.6) is 0 Å². The number of benzene rings is 1. The SMILES string of the molecule is O=C1N[C@H](c2ccccc2)O[C@@H]1C(Cl)(Cl)Cl. The Kier molecular flexibility index (Phi) is 3.31. The molecule has 1 aliphatic heterocycles. The standard InChI is InChI=1S/C10H8Cl3NO2/c11-10(12,13)7-8(15)14-9(16-7)6-4-2-1-3-5-6/h1-5,7,9H,(H,14,15)/t7-,9-/m0/s1. The lowest BCUT2D eigenvalue weighted by molar-refractivity contribution is -0.123. The van der Waals surface area contributed by atoms with Crippen molar-refractivity contribution in [2.45, 2.75) is 16.1 Å². The highest BCUT2D eigenvalue weighted by Crippen LogP contribution is 2.37. The van der Waals surface area contributed by atoms with E-state index in [0.29, 0.717) is 0 Å². The van der Waals surface area contributed by atoms with Crippen molar-refractivity contribution < 1.29 is 9.53 Å². The maximum absolute atomic E-state index is 11.5. The molecule has 1 aromatic rings. The molecule has 1 saturated heterocycles. The first-order valence-corrected chi connectivity index (χ1v) is 5.69. The summed E-state index contributed by atoms with van der Waals surface area (Å²) < 4.78 is 3.61. The quantitative estimate of drug-likeness (QED) is 0.803. The Hall–Kier alpha value is -0.480. The Bertz CT molecular complexity index is 391. The Labute approximate surface area is 108 Å². The van der Waals surface area contributed by atoms with Crippen LogP contribution in [0, 0.1) is 0 Å². The number of nitrogens with one attached hydrogen (secondary N) is 1. The molecule has 2 atom stereocenters. The van der Waals surface area contributed by atoms with Gasteiger partial charge in [-0.2, -0.15) is 0 Å². The van der Waals surface area contributed by atoms with Crippen LogP contribution in [-0.2, 0) is 9.53 Å². The minimum atomic E-state index is -1.76. The van der Waals surface area contributed by atoms with Gasteiger partial charge in [-0.1, -0.05) is 65.1 Å². The highest BCUT2D eigenvalue weighted by atomic mass is 35.6. The first-order chi connectivity index (χ1) is 7.48. The van der Waals surface area contributed by atoms with Gasteiger partial charge in [-0.15, -0.1) is 0 Å². The molecule has 1 amide bonds. The second-order valence-electron chi connectivity index (χ2n) is 3.36. The predicted molar refractivity (Wildman–Crippen MR) is 62.5 cm³/mol. The van der Waals surface area contributed by atoms with Gasteiger partial charge < -0.3 is 10.1 Å². The predicted octanol–water partition coefficient (Wildman–Crippen LogP) is 2.57. The van der Waals surface area contributed by atoms with Gasteiger partial charge in [0.15, 0.2) is 12.3 Å². The molecule has 1 aromatic carbocycles. The molecule has 0 unspecified atom stereocenters. The molecule has 86 valence electrons. The number of halogens is 3. The molecular formula is C10H8Cl3NO2. The number of rotatable bonds is 1. The van der Waals surface area contributed by atoms with Crippen molar-refractivity contribution in [3.8, 4) is 0 Å². The van der Waals surface area contributed by atoms with Crippen molar-refractivity contribution in [2.75, 3.05) is 0 Å². The lowest BCUT2D eigenvalue weighted by atomic mass is 10.2. The van der Waals surface area contributed by atoms with Gasteiger partial charge in [-0.05, 0) is 0 Å². The number of carbonyl (C=O) groups is 1. The van der Waals surface area contributed by atoms with Crippen molar-refractivity contribution >= 4 is 40.7 Å². The van der Waals surface area contributed by atoms with E-state index in [2.05, 4.69) is 5.32 Å². The van der Waals surface area contributed by atoms with E-state index in [9.17, 15) is 4.79 Å². The molecule has 2 rings (SSSR count). The number of alkyl halides is 3. The molecule has 0 aromatic heterocycles. The molecule has 1 heterocycles. The van der Waals surface area contributed by atoms with Crippen LogP contribution < -0.4 is 5.32 Å². The van der Waals surface area contributed by atoms with Crippen LogP contribution in [0.3, 0.4) is 0 Å². The molecule has 6 heteroatoms. The first kappa shape index (κ1) is 12.0. The van der Waals surface area contributed by atoms with E-state index in [-0.39, 0.29) is 0 Å². The molecule has 1 N–H and O–H groups in total. The maximum atomic E-state index is 11.5. The first-order valence-electron chi connectivity index (χ1n) is 4.56. The van der Waals surface area contributed by atoms with Gasteiger partial charge in [0.25, 0.3) is 5.91 Å². The number of ether oxygens (including phenoxy) is 1. The zero-order valence-electron chi connectivity index (χ0n) is 7.99. The highest BCUT2D eigenvalue weighted by molar-refractivity contribution is 6.68. The van der Waals surface area contributed by atoms with E-state index in [1.54, 1.807) is 0 Å². The van der Waals surface area contributed by atoms with Crippen LogP contribution in [0.4, 0.5) is 0 Å². The Balaban J connectivity index is 2.16. The zero-order chi connectivity index (χ0) is 11.8. The van der Waals surface area contributed by atoms with E-state index in [0.717, 1.165) is 5.56 Å². The summed E-state index contributed by atoms with van der Waals surface area (Å²) in [6.45, 7) is 0. The van der Waals surface area contributed by atoms with Crippen LogP contribution in [0.25, 0.3) is 0 Å². The van der Waals surface area contributed by atoms with E-state index in [4.69, 9.17) is 39.5 Å². The second-order valence-corrected chi connectivity index (χ2v) is 5.73. The van der Waals surface area contributed by atoms with Gasteiger partial charge in [-0.25, -0.2) is 0 Å². The number of hydrogen-bond acceptors (Lipinski definition) is 2. The van der Waals surface area contributed by atoms with Gasteiger partial charge in [0.2, 0.25) is 3.79 Å². The van der Waals surface area contributed by atoms with Crippen molar-refractivity contribution in [3.63, 3.8) is 0 Å². The lowest BCUT2D eigenvalue weighted by Gasteiger charge is -2.17. The van der Waals surface area contributed by atoms with Gasteiger partial charge in [-0.3, -0.25) is 4.79 Å². The third-order valence-electron chi connectivity index (χ3n) is 2.18. The fourth-order valence-electron chi connectivity index (χ4n) is 1.45. The minimum Gasteiger partial charge on any atom is -0.337 e. The summed E-state index contributed by atoms with van der Waals surface area (Å²) >= 11 is 16.9. The van der Waals surface area contributed by atoms with Gasteiger partial charge in [0.05, 0.1) is 0 Å². The van der Waals surface area contributed by atoms with Gasteiger partial charge in [0.1, 0.15) is 0 Å². The summed E-state index contributed by atoms with van der Waals surface area (Å²) in [5.41, 5.74) is 0.813. The summed E-state index contributed by atoms with van der Waals surface area (Å²) in [5.74, 6) is -0.422. The van der Waals surface area contributed by atoms with E-state index in [1.807, 2.05) is 30.3 Å². The lowest BCUT2D eigenvalue weighted by Crippen LogP contribution is -2.34. The number of carbonyl (C=O) groups excluding carboxylic acids is 1. The van der Waals surface area contributed by atoms with Crippen molar-refractivity contribution in [3.05, 3.63) is 35.9 Å². The summed E-state index contributed by atoms with van der Waals surface area (Å²) in [5, 5.41) is 2.61. The van der Waals surface area contributed by atoms with E-state index >= 15 is 0 Å². The van der Waals surface area contributed by atoms with E-state index in [1.165, 1.54) is 0 Å². The maximum Gasteiger partial charge on any atom is 0.255 e. The van der Waals surface area contributed by atoms with Gasteiger partial charge in [0, 0.05) is 5.56 Å². The van der Waals surface area contributed by atoms with Crippen molar-refractivity contribution in [1.29, 1.82) is 0 Å². The van der Waals surface area contributed by atoms with Crippen LogP contribution in [0.2, 0.25) is 0 Å². The summed E-state index contributed by atoms with van der Waals surface area (Å²) in [7, 11) is 0. The molecule has 0 spiro atoms. The number of amides is 1.